The lowest BCUT2D eigenvalue weighted by Gasteiger charge is -2.32. The molecule has 22 heavy (non-hydrogen) atoms. The number of likely N-dealkylation sites (tertiary alicyclic amines) is 1. The molecule has 0 aromatic rings. The number of amides is 1. The molecule has 0 aromatic carbocycles. The molecule has 0 spiro atoms. The molecule has 4 nitrogen and oxygen atoms in total. The van der Waals surface area contributed by atoms with E-state index >= 15 is 0 Å². The van der Waals surface area contributed by atoms with Crippen LogP contribution in [0.5, 0.6) is 0 Å². The first-order chi connectivity index (χ1) is 10.8. The van der Waals surface area contributed by atoms with Crippen LogP contribution in [0.3, 0.4) is 0 Å². The lowest BCUT2D eigenvalue weighted by Crippen LogP contribution is -2.42. The van der Waals surface area contributed by atoms with Crippen molar-refractivity contribution in [2.45, 2.75) is 63.9 Å². The number of nitrogens with zero attached hydrogens (tertiary/aromatic N) is 1. The molecule has 126 valence electrons. The minimum atomic E-state index is 0.337. The van der Waals surface area contributed by atoms with Gasteiger partial charge >= 0.3 is 0 Å². The van der Waals surface area contributed by atoms with Crippen LogP contribution in [0.25, 0.3) is 0 Å². The van der Waals surface area contributed by atoms with Crippen LogP contribution in [-0.4, -0.2) is 43.2 Å². The Morgan fingerprint density at radius 2 is 1.82 bits per heavy atom. The fourth-order valence-corrected chi connectivity index (χ4v) is 4.39. The van der Waals surface area contributed by atoms with Crippen LogP contribution in [0, 0.1) is 17.8 Å². The maximum absolute atomic E-state index is 12.6. The van der Waals surface area contributed by atoms with Gasteiger partial charge in [0.15, 0.2) is 0 Å². The highest BCUT2D eigenvalue weighted by Crippen LogP contribution is 2.50. The van der Waals surface area contributed by atoms with Gasteiger partial charge in [0.1, 0.15) is 0 Å². The number of nitrogens with two attached hydrogens (primary N) is 1. The Morgan fingerprint density at radius 3 is 2.50 bits per heavy atom. The van der Waals surface area contributed by atoms with Gasteiger partial charge in [-0.2, -0.15) is 0 Å². The summed E-state index contributed by atoms with van der Waals surface area (Å²) in [7, 11) is 0. The SMILES string of the molecule is NCCCOC1CCN(C(=O)C2CC2C2CCCCC2)CC1. The second-order valence-corrected chi connectivity index (χ2v) is 7.44. The van der Waals surface area contributed by atoms with E-state index < -0.39 is 0 Å². The van der Waals surface area contributed by atoms with Crippen molar-refractivity contribution in [3.05, 3.63) is 0 Å². The van der Waals surface area contributed by atoms with Crippen LogP contribution >= 0.6 is 0 Å². The minimum Gasteiger partial charge on any atom is -0.378 e. The van der Waals surface area contributed by atoms with Gasteiger partial charge in [0.25, 0.3) is 0 Å². The van der Waals surface area contributed by atoms with Gasteiger partial charge in [0.2, 0.25) is 5.91 Å². The van der Waals surface area contributed by atoms with E-state index in [1.807, 2.05) is 0 Å². The summed E-state index contributed by atoms with van der Waals surface area (Å²) < 4.78 is 5.83. The van der Waals surface area contributed by atoms with E-state index in [2.05, 4.69) is 4.90 Å². The van der Waals surface area contributed by atoms with E-state index in [1.54, 1.807) is 0 Å². The molecular formula is C18H32N2O2. The Bertz CT molecular complexity index is 360. The quantitative estimate of drug-likeness (QED) is 0.767. The molecule has 2 saturated carbocycles. The summed E-state index contributed by atoms with van der Waals surface area (Å²) in [6.07, 6.45) is 11.3. The molecule has 2 N–H and O–H groups in total. The Balaban J connectivity index is 1.37. The fraction of sp³-hybridized carbons (Fsp3) is 0.944. The highest BCUT2D eigenvalue weighted by molar-refractivity contribution is 5.81. The van der Waals surface area contributed by atoms with Crippen molar-refractivity contribution in [2.75, 3.05) is 26.2 Å². The summed E-state index contributed by atoms with van der Waals surface area (Å²) >= 11 is 0. The number of hydrogen-bond donors (Lipinski definition) is 1. The maximum Gasteiger partial charge on any atom is 0.225 e. The van der Waals surface area contributed by atoms with Crippen molar-refractivity contribution < 1.29 is 9.53 Å². The van der Waals surface area contributed by atoms with Crippen LogP contribution in [0.1, 0.15) is 57.8 Å². The van der Waals surface area contributed by atoms with Crippen molar-refractivity contribution in [3.63, 3.8) is 0 Å². The number of carbonyl (C=O) groups excluding carboxylic acids is 1. The topological polar surface area (TPSA) is 55.6 Å². The number of piperidine rings is 1. The van der Waals surface area contributed by atoms with Crippen molar-refractivity contribution in [1.82, 2.24) is 4.90 Å². The Labute approximate surface area is 134 Å². The number of rotatable bonds is 6. The van der Waals surface area contributed by atoms with E-state index in [1.165, 1.54) is 32.1 Å². The average molecular weight is 308 g/mol. The number of carbonyl (C=O) groups is 1. The molecule has 0 aromatic heterocycles. The van der Waals surface area contributed by atoms with Gasteiger partial charge in [-0.05, 0) is 44.1 Å². The summed E-state index contributed by atoms with van der Waals surface area (Å²) in [5, 5.41) is 0. The lowest BCUT2D eigenvalue weighted by molar-refractivity contribution is -0.135. The van der Waals surface area contributed by atoms with E-state index in [-0.39, 0.29) is 0 Å². The minimum absolute atomic E-state index is 0.337. The molecule has 1 saturated heterocycles. The zero-order valence-electron chi connectivity index (χ0n) is 13.8. The predicted octanol–water partition coefficient (Wildman–Crippen LogP) is 2.56. The Kier molecular flexibility index (Phi) is 5.75. The van der Waals surface area contributed by atoms with Crippen LogP contribution in [0.15, 0.2) is 0 Å². The second-order valence-electron chi connectivity index (χ2n) is 7.44. The summed E-state index contributed by atoms with van der Waals surface area (Å²) in [6, 6.07) is 0. The van der Waals surface area contributed by atoms with E-state index in [0.717, 1.165) is 51.3 Å². The van der Waals surface area contributed by atoms with Crippen LogP contribution in [-0.2, 0) is 9.53 Å². The third kappa shape index (κ3) is 4.02. The smallest absolute Gasteiger partial charge is 0.225 e. The van der Waals surface area contributed by atoms with Crippen LogP contribution < -0.4 is 5.73 Å². The largest absolute Gasteiger partial charge is 0.378 e. The Hall–Kier alpha value is -0.610. The van der Waals surface area contributed by atoms with Crippen molar-refractivity contribution in [3.8, 4) is 0 Å². The lowest BCUT2D eigenvalue weighted by atomic mass is 9.85. The van der Waals surface area contributed by atoms with Gasteiger partial charge in [0.05, 0.1) is 6.10 Å². The van der Waals surface area contributed by atoms with E-state index in [0.29, 0.717) is 30.4 Å². The maximum atomic E-state index is 12.6. The molecule has 1 heterocycles. The normalized spacial score (nSPS) is 30.5. The molecule has 1 aliphatic heterocycles. The molecule has 2 unspecified atom stereocenters. The molecular weight excluding hydrogens is 276 g/mol. The first-order valence-electron chi connectivity index (χ1n) is 9.40. The third-order valence-electron chi connectivity index (χ3n) is 5.87. The summed E-state index contributed by atoms with van der Waals surface area (Å²) in [5.74, 6) is 2.36. The van der Waals surface area contributed by atoms with E-state index in [4.69, 9.17) is 10.5 Å². The first kappa shape index (κ1) is 16.3. The fourth-order valence-electron chi connectivity index (χ4n) is 4.39. The standard InChI is InChI=1S/C18H32N2O2/c19-9-4-12-22-15-7-10-20(11-8-15)18(21)17-13-16(17)14-5-2-1-3-6-14/h14-17H,1-13,19H2. The van der Waals surface area contributed by atoms with E-state index in [9.17, 15) is 4.79 Å². The first-order valence-corrected chi connectivity index (χ1v) is 9.40. The molecule has 3 rings (SSSR count). The zero-order chi connectivity index (χ0) is 15.4. The molecule has 3 fully saturated rings. The van der Waals surface area contributed by atoms with Crippen LogP contribution in [0.4, 0.5) is 0 Å². The molecule has 2 aliphatic carbocycles. The van der Waals surface area contributed by atoms with Crippen molar-refractivity contribution >= 4 is 5.91 Å². The number of hydrogen-bond acceptors (Lipinski definition) is 3. The molecule has 3 aliphatic rings. The molecule has 4 heteroatoms. The second kappa shape index (κ2) is 7.78. The molecule has 2 atom stereocenters. The summed E-state index contributed by atoms with van der Waals surface area (Å²) in [6.45, 7) is 3.24. The number of ether oxygens (including phenoxy) is 1. The van der Waals surface area contributed by atoms with Crippen molar-refractivity contribution in [1.29, 1.82) is 0 Å². The third-order valence-corrected chi connectivity index (χ3v) is 5.87. The monoisotopic (exact) mass is 308 g/mol. The van der Waals surface area contributed by atoms with Gasteiger partial charge in [-0.25, -0.2) is 0 Å². The molecule has 1 amide bonds. The van der Waals surface area contributed by atoms with Gasteiger partial charge in [-0.3, -0.25) is 4.79 Å². The zero-order valence-corrected chi connectivity index (χ0v) is 13.8. The highest BCUT2D eigenvalue weighted by atomic mass is 16.5. The summed E-state index contributed by atoms with van der Waals surface area (Å²) in [4.78, 5) is 14.8. The van der Waals surface area contributed by atoms with Gasteiger partial charge in [-0.15, -0.1) is 0 Å². The highest BCUT2D eigenvalue weighted by Gasteiger charge is 2.49. The van der Waals surface area contributed by atoms with Gasteiger partial charge < -0.3 is 15.4 Å². The van der Waals surface area contributed by atoms with Crippen molar-refractivity contribution in [2.24, 2.45) is 23.5 Å². The molecule has 0 radical (unpaired) electrons. The van der Waals surface area contributed by atoms with Gasteiger partial charge in [0, 0.05) is 25.6 Å². The average Bonchev–Trinajstić information content (AvgIpc) is 3.37. The van der Waals surface area contributed by atoms with Gasteiger partial charge in [-0.1, -0.05) is 32.1 Å². The Morgan fingerprint density at radius 1 is 1.09 bits per heavy atom. The summed E-state index contributed by atoms with van der Waals surface area (Å²) in [5.41, 5.74) is 5.49. The van der Waals surface area contributed by atoms with Crippen LogP contribution in [0.2, 0.25) is 0 Å². The predicted molar refractivity (Wildman–Crippen MR) is 87.4 cm³/mol. The molecule has 0 bridgehead atoms.